The fourth-order valence-electron chi connectivity index (χ4n) is 1.29. The van der Waals surface area contributed by atoms with Crippen LogP contribution in [0.4, 0.5) is 0 Å². The molecule has 0 nitrogen and oxygen atoms in total. The first-order valence-corrected chi connectivity index (χ1v) is 3.84. The summed E-state index contributed by atoms with van der Waals surface area (Å²) in [6.45, 7) is 9.61. The molecule has 0 fully saturated rings. The average Bonchev–Trinajstić information content (AvgIpc) is 1.97. The molecule has 0 aliphatic carbocycles. The summed E-state index contributed by atoms with van der Waals surface area (Å²) in [5.41, 5.74) is 4.01. The summed E-state index contributed by atoms with van der Waals surface area (Å²) in [6.07, 6.45) is 2.58. The number of hydrogen-bond acceptors (Lipinski definition) is 0. The maximum Gasteiger partial charge on any atom is -0.00891 e. The van der Waals surface area contributed by atoms with Gasteiger partial charge in [-0.2, -0.15) is 0 Å². The smallest absolute Gasteiger partial charge is 0.00891 e. The van der Waals surface area contributed by atoms with Crippen LogP contribution in [-0.2, 0) is 6.42 Å². The highest BCUT2D eigenvalue weighted by Crippen LogP contribution is 2.13. The quantitative estimate of drug-likeness (QED) is 0.600. The van der Waals surface area contributed by atoms with E-state index in [2.05, 4.69) is 32.0 Å². The van der Waals surface area contributed by atoms with Gasteiger partial charge in [0.1, 0.15) is 0 Å². The zero-order chi connectivity index (χ0) is 8.27. The molecular formula is C11H13. The molecule has 0 aliphatic heterocycles. The molecule has 0 aromatic heterocycles. The molecule has 0 heterocycles. The molecule has 0 unspecified atom stereocenters. The molecule has 0 saturated carbocycles. The Morgan fingerprint density at radius 1 is 1.27 bits per heavy atom. The highest BCUT2D eigenvalue weighted by molar-refractivity contribution is 5.34. The predicted octanol–water partition coefficient (Wildman–Crippen LogP) is 2.84. The molecule has 57 valence electrons. The Bertz CT molecular complexity index is 238. The van der Waals surface area contributed by atoms with Crippen molar-refractivity contribution in [3.05, 3.63) is 47.5 Å². The number of allylic oxidation sites excluding steroid dienone is 1. The van der Waals surface area contributed by atoms with Gasteiger partial charge in [-0.15, -0.1) is 0 Å². The summed E-state index contributed by atoms with van der Waals surface area (Å²) in [4.78, 5) is 0. The van der Waals surface area contributed by atoms with Gasteiger partial charge in [-0.25, -0.2) is 0 Å². The maximum absolute atomic E-state index is 5.37. The van der Waals surface area contributed by atoms with E-state index in [-0.39, 0.29) is 0 Å². The monoisotopic (exact) mass is 145 g/mol. The zero-order valence-electron chi connectivity index (χ0n) is 7.09. The molecular weight excluding hydrogens is 132 g/mol. The van der Waals surface area contributed by atoms with E-state index in [0.29, 0.717) is 0 Å². The minimum absolute atomic E-state index is 0.874. The van der Waals surface area contributed by atoms with Crippen molar-refractivity contribution in [2.45, 2.75) is 20.3 Å². The molecule has 0 heteroatoms. The normalized spacial score (nSPS) is 9.64. The lowest BCUT2D eigenvalue weighted by molar-refractivity contribution is 1.17. The van der Waals surface area contributed by atoms with Crippen LogP contribution < -0.4 is 0 Å². The fourth-order valence-corrected chi connectivity index (χ4v) is 1.29. The average molecular weight is 145 g/mol. The van der Waals surface area contributed by atoms with E-state index in [1.165, 1.54) is 16.7 Å². The highest BCUT2D eigenvalue weighted by Gasteiger charge is 1.97. The van der Waals surface area contributed by atoms with Crippen LogP contribution in [0.25, 0.3) is 0 Å². The van der Waals surface area contributed by atoms with E-state index < -0.39 is 0 Å². The van der Waals surface area contributed by atoms with Gasteiger partial charge in [0.05, 0.1) is 0 Å². The number of rotatable bonds is 2. The van der Waals surface area contributed by atoms with E-state index >= 15 is 0 Å². The molecule has 1 aromatic rings. The number of aryl methyl sites for hydroxylation is 2. The molecule has 1 rings (SSSR count). The second kappa shape index (κ2) is 3.38. The standard InChI is InChI=1S/C11H13/c1-4-6-11-9(2)7-5-8-10(11)3/h1,4-5,7-8H,6H2,2-3H3. The zero-order valence-corrected chi connectivity index (χ0v) is 7.09. The van der Waals surface area contributed by atoms with Gasteiger partial charge in [-0.1, -0.05) is 30.9 Å². The lowest BCUT2D eigenvalue weighted by Gasteiger charge is -2.05. The topological polar surface area (TPSA) is 0 Å². The van der Waals surface area contributed by atoms with Crippen LogP contribution in [0.3, 0.4) is 0 Å². The van der Waals surface area contributed by atoms with Gasteiger partial charge in [0.25, 0.3) is 0 Å². The van der Waals surface area contributed by atoms with Crippen molar-refractivity contribution in [1.29, 1.82) is 0 Å². The van der Waals surface area contributed by atoms with Gasteiger partial charge in [-0.05, 0) is 37.0 Å². The third-order valence-electron chi connectivity index (χ3n) is 1.97. The van der Waals surface area contributed by atoms with Crippen LogP contribution in [0.1, 0.15) is 16.7 Å². The van der Waals surface area contributed by atoms with Gasteiger partial charge >= 0.3 is 0 Å². The lowest BCUT2D eigenvalue weighted by atomic mass is 10.0. The van der Waals surface area contributed by atoms with Crippen molar-refractivity contribution >= 4 is 0 Å². The molecule has 0 N–H and O–H groups in total. The van der Waals surface area contributed by atoms with Gasteiger partial charge in [0, 0.05) is 0 Å². The lowest BCUT2D eigenvalue weighted by Crippen LogP contribution is -1.90. The largest absolute Gasteiger partial charge is 0.0801 e. The molecule has 1 radical (unpaired) electrons. The van der Waals surface area contributed by atoms with Crippen LogP contribution in [0.5, 0.6) is 0 Å². The van der Waals surface area contributed by atoms with Gasteiger partial charge in [0.15, 0.2) is 0 Å². The first kappa shape index (κ1) is 8.06. The van der Waals surface area contributed by atoms with Crippen LogP contribution in [0.2, 0.25) is 0 Å². The van der Waals surface area contributed by atoms with Crippen LogP contribution >= 0.6 is 0 Å². The van der Waals surface area contributed by atoms with E-state index in [9.17, 15) is 0 Å². The Hall–Kier alpha value is -1.04. The molecule has 0 saturated heterocycles. The second-order valence-electron chi connectivity index (χ2n) is 2.81. The Balaban J connectivity index is 3.09. The molecule has 0 bridgehead atoms. The Morgan fingerprint density at radius 3 is 2.27 bits per heavy atom. The Kier molecular flexibility index (Phi) is 2.48. The van der Waals surface area contributed by atoms with Crippen molar-refractivity contribution in [2.75, 3.05) is 0 Å². The van der Waals surface area contributed by atoms with Gasteiger partial charge in [0.2, 0.25) is 0 Å². The molecule has 0 amide bonds. The fraction of sp³-hybridized carbons (Fsp3) is 0.273. The minimum atomic E-state index is 0.874. The summed E-state index contributed by atoms with van der Waals surface area (Å²) in [6, 6.07) is 6.31. The van der Waals surface area contributed by atoms with Crippen LogP contribution in [-0.4, -0.2) is 0 Å². The van der Waals surface area contributed by atoms with Crippen molar-refractivity contribution < 1.29 is 0 Å². The van der Waals surface area contributed by atoms with Crippen molar-refractivity contribution in [1.82, 2.24) is 0 Å². The summed E-state index contributed by atoms with van der Waals surface area (Å²) < 4.78 is 0. The van der Waals surface area contributed by atoms with E-state index in [0.717, 1.165) is 6.42 Å². The summed E-state index contributed by atoms with van der Waals surface area (Å²) in [5, 5.41) is 0. The summed E-state index contributed by atoms with van der Waals surface area (Å²) >= 11 is 0. The van der Waals surface area contributed by atoms with Crippen LogP contribution in [0.15, 0.2) is 24.3 Å². The number of hydrogen-bond donors (Lipinski definition) is 0. The van der Waals surface area contributed by atoms with E-state index in [4.69, 9.17) is 6.58 Å². The molecule has 11 heavy (non-hydrogen) atoms. The molecule has 1 aromatic carbocycles. The van der Waals surface area contributed by atoms with Crippen molar-refractivity contribution in [2.24, 2.45) is 0 Å². The first-order valence-electron chi connectivity index (χ1n) is 3.84. The molecule has 0 aliphatic rings. The second-order valence-corrected chi connectivity index (χ2v) is 2.81. The highest BCUT2D eigenvalue weighted by atomic mass is 14.0. The Morgan fingerprint density at radius 2 is 1.82 bits per heavy atom. The SMILES string of the molecule is [CH]=CCc1c(C)cccc1C. The minimum Gasteiger partial charge on any atom is -0.0801 e. The molecule has 0 spiro atoms. The number of benzene rings is 1. The third kappa shape index (κ3) is 1.70. The third-order valence-corrected chi connectivity index (χ3v) is 1.97. The van der Waals surface area contributed by atoms with Crippen LogP contribution in [0, 0.1) is 20.4 Å². The van der Waals surface area contributed by atoms with Crippen molar-refractivity contribution in [3.63, 3.8) is 0 Å². The van der Waals surface area contributed by atoms with Crippen molar-refractivity contribution in [3.8, 4) is 0 Å². The van der Waals surface area contributed by atoms with Gasteiger partial charge in [-0.3, -0.25) is 0 Å². The summed E-state index contributed by atoms with van der Waals surface area (Å²) in [7, 11) is 0. The first-order chi connectivity index (χ1) is 5.25. The predicted molar refractivity (Wildman–Crippen MR) is 48.5 cm³/mol. The summed E-state index contributed by atoms with van der Waals surface area (Å²) in [5.74, 6) is 0. The van der Waals surface area contributed by atoms with Gasteiger partial charge < -0.3 is 0 Å². The molecule has 0 atom stereocenters. The van der Waals surface area contributed by atoms with E-state index in [1.807, 2.05) is 0 Å². The maximum atomic E-state index is 5.37. The Labute approximate surface area is 68.6 Å². The van der Waals surface area contributed by atoms with E-state index in [1.54, 1.807) is 6.08 Å².